The minimum Gasteiger partial charge on any atom is -0.478 e. The molecular formula is C14H19NO2S. The highest BCUT2D eigenvalue weighted by molar-refractivity contribution is 7.98. The lowest BCUT2D eigenvalue weighted by Gasteiger charge is -2.15. The fourth-order valence-electron chi connectivity index (χ4n) is 2.54. The summed E-state index contributed by atoms with van der Waals surface area (Å²) < 4.78 is 0. The van der Waals surface area contributed by atoms with Crippen molar-refractivity contribution in [1.29, 1.82) is 0 Å². The summed E-state index contributed by atoms with van der Waals surface area (Å²) in [6.45, 7) is 0.887. The molecule has 3 nitrogen and oxygen atoms in total. The summed E-state index contributed by atoms with van der Waals surface area (Å²) in [4.78, 5) is 12.2. The van der Waals surface area contributed by atoms with Crippen molar-refractivity contribution < 1.29 is 9.90 Å². The van der Waals surface area contributed by atoms with E-state index in [1.807, 2.05) is 24.5 Å². The number of carboxylic acids is 1. The van der Waals surface area contributed by atoms with Crippen molar-refractivity contribution in [3.8, 4) is 0 Å². The Bertz CT molecular complexity index is 428. The number of hydrogen-bond acceptors (Lipinski definition) is 3. The maximum atomic E-state index is 11.3. The summed E-state index contributed by atoms with van der Waals surface area (Å²) in [5.74, 6) is -0.154. The number of hydrogen-bond donors (Lipinski definition) is 2. The average molecular weight is 265 g/mol. The van der Waals surface area contributed by atoms with Crippen LogP contribution in [0.2, 0.25) is 0 Å². The Balaban J connectivity index is 2.13. The summed E-state index contributed by atoms with van der Waals surface area (Å²) >= 11 is 1.48. The van der Waals surface area contributed by atoms with Crippen LogP contribution in [0.15, 0.2) is 23.1 Å². The number of aromatic carboxylic acids is 1. The summed E-state index contributed by atoms with van der Waals surface area (Å²) in [5.41, 5.74) is 1.16. The Morgan fingerprint density at radius 1 is 1.44 bits per heavy atom. The van der Waals surface area contributed by atoms with Crippen LogP contribution in [0.3, 0.4) is 0 Å². The zero-order valence-electron chi connectivity index (χ0n) is 10.6. The molecule has 0 heterocycles. The molecule has 1 aromatic carbocycles. The molecule has 0 aromatic heterocycles. The maximum absolute atomic E-state index is 11.3. The molecule has 2 N–H and O–H groups in total. The van der Waals surface area contributed by atoms with Gasteiger partial charge in [0, 0.05) is 17.1 Å². The van der Waals surface area contributed by atoms with Crippen molar-refractivity contribution in [2.45, 2.75) is 30.6 Å². The lowest BCUT2D eigenvalue weighted by molar-refractivity contribution is 0.0694. The molecule has 0 saturated heterocycles. The fourth-order valence-corrected chi connectivity index (χ4v) is 3.15. The van der Waals surface area contributed by atoms with E-state index in [2.05, 4.69) is 5.32 Å². The van der Waals surface area contributed by atoms with Crippen LogP contribution < -0.4 is 5.32 Å². The summed E-state index contributed by atoms with van der Waals surface area (Å²) in [7, 11) is 0. The fraction of sp³-hybridized carbons (Fsp3) is 0.500. The topological polar surface area (TPSA) is 49.3 Å². The first-order valence-electron chi connectivity index (χ1n) is 6.36. The number of thioether (sulfide) groups is 1. The van der Waals surface area contributed by atoms with Crippen LogP contribution in [-0.2, 0) is 0 Å². The second-order valence-corrected chi connectivity index (χ2v) is 5.57. The van der Waals surface area contributed by atoms with Crippen LogP contribution in [-0.4, -0.2) is 23.9 Å². The molecule has 4 heteroatoms. The Kier molecular flexibility index (Phi) is 4.53. The molecule has 98 valence electrons. The van der Waals surface area contributed by atoms with Crippen LogP contribution in [0.5, 0.6) is 0 Å². The molecular weight excluding hydrogens is 246 g/mol. The van der Waals surface area contributed by atoms with Crippen LogP contribution in [0, 0.1) is 5.92 Å². The van der Waals surface area contributed by atoms with Crippen LogP contribution >= 0.6 is 11.8 Å². The second kappa shape index (κ2) is 6.14. The summed E-state index contributed by atoms with van der Waals surface area (Å²) in [5, 5.41) is 12.6. The standard InChI is InChI=1S/C14H19NO2S/c1-18-12-8-4-7-11(13(12)14(16)17)15-9-10-5-2-3-6-10/h4,7-8,10,15H,2-3,5-6,9H2,1H3,(H,16,17). The van der Waals surface area contributed by atoms with Gasteiger partial charge >= 0.3 is 5.97 Å². The number of carboxylic acid groups (broad SMARTS) is 1. The Morgan fingerprint density at radius 3 is 2.78 bits per heavy atom. The van der Waals surface area contributed by atoms with Gasteiger partial charge in [0.2, 0.25) is 0 Å². The van der Waals surface area contributed by atoms with Crippen molar-refractivity contribution in [3.63, 3.8) is 0 Å². The van der Waals surface area contributed by atoms with E-state index >= 15 is 0 Å². The van der Waals surface area contributed by atoms with Gasteiger partial charge in [0.1, 0.15) is 0 Å². The summed E-state index contributed by atoms with van der Waals surface area (Å²) in [6, 6.07) is 5.63. The van der Waals surface area contributed by atoms with Gasteiger partial charge in [0.15, 0.2) is 0 Å². The van der Waals surface area contributed by atoms with E-state index in [1.165, 1.54) is 37.4 Å². The lowest BCUT2D eigenvalue weighted by Crippen LogP contribution is -2.14. The molecule has 1 aromatic rings. The van der Waals surface area contributed by atoms with Gasteiger partial charge in [-0.25, -0.2) is 4.79 Å². The molecule has 0 amide bonds. The molecule has 0 radical (unpaired) electrons. The first-order valence-corrected chi connectivity index (χ1v) is 7.59. The van der Waals surface area contributed by atoms with Crippen molar-refractivity contribution in [2.24, 2.45) is 5.92 Å². The monoisotopic (exact) mass is 265 g/mol. The molecule has 1 aliphatic carbocycles. The van der Waals surface area contributed by atoms with Crippen molar-refractivity contribution >= 4 is 23.4 Å². The van der Waals surface area contributed by atoms with Crippen LogP contribution in [0.1, 0.15) is 36.0 Å². The highest BCUT2D eigenvalue weighted by Gasteiger charge is 2.18. The van der Waals surface area contributed by atoms with Gasteiger partial charge in [-0.05, 0) is 37.1 Å². The molecule has 1 saturated carbocycles. The second-order valence-electron chi connectivity index (χ2n) is 4.72. The quantitative estimate of drug-likeness (QED) is 0.797. The Morgan fingerprint density at radius 2 is 2.17 bits per heavy atom. The number of rotatable bonds is 5. The van der Waals surface area contributed by atoms with Gasteiger partial charge in [-0.3, -0.25) is 0 Å². The zero-order chi connectivity index (χ0) is 13.0. The first-order chi connectivity index (χ1) is 8.72. The van der Waals surface area contributed by atoms with Crippen molar-refractivity contribution in [1.82, 2.24) is 0 Å². The largest absolute Gasteiger partial charge is 0.478 e. The first kappa shape index (κ1) is 13.3. The summed E-state index contributed by atoms with van der Waals surface area (Å²) in [6.07, 6.45) is 7.05. The predicted octanol–water partition coefficient (Wildman–Crippen LogP) is 3.71. The van der Waals surface area contributed by atoms with E-state index < -0.39 is 5.97 Å². The Labute approximate surface area is 112 Å². The third-order valence-electron chi connectivity index (χ3n) is 3.52. The third kappa shape index (κ3) is 2.99. The van der Waals surface area contributed by atoms with E-state index in [0.717, 1.165) is 17.1 Å². The van der Waals surface area contributed by atoms with Gasteiger partial charge in [0.25, 0.3) is 0 Å². The van der Waals surface area contributed by atoms with Crippen molar-refractivity contribution in [2.75, 3.05) is 18.1 Å². The van der Waals surface area contributed by atoms with E-state index in [0.29, 0.717) is 11.5 Å². The molecule has 1 aliphatic rings. The van der Waals surface area contributed by atoms with Crippen LogP contribution in [0.25, 0.3) is 0 Å². The minimum atomic E-state index is -0.853. The van der Waals surface area contributed by atoms with Gasteiger partial charge in [-0.2, -0.15) is 0 Å². The molecule has 18 heavy (non-hydrogen) atoms. The van der Waals surface area contributed by atoms with Gasteiger partial charge in [0.05, 0.1) is 5.56 Å². The molecule has 1 fully saturated rings. The predicted molar refractivity (Wildman–Crippen MR) is 75.6 cm³/mol. The van der Waals surface area contributed by atoms with Gasteiger partial charge in [-0.1, -0.05) is 18.9 Å². The van der Waals surface area contributed by atoms with E-state index in [1.54, 1.807) is 0 Å². The minimum absolute atomic E-state index is 0.406. The molecule has 2 rings (SSSR count). The van der Waals surface area contributed by atoms with Crippen LogP contribution in [0.4, 0.5) is 5.69 Å². The number of nitrogens with one attached hydrogen (secondary N) is 1. The zero-order valence-corrected chi connectivity index (χ0v) is 11.4. The normalized spacial score (nSPS) is 15.8. The van der Waals surface area contributed by atoms with Gasteiger partial charge in [-0.15, -0.1) is 11.8 Å². The van der Waals surface area contributed by atoms with E-state index in [-0.39, 0.29) is 0 Å². The van der Waals surface area contributed by atoms with Gasteiger partial charge < -0.3 is 10.4 Å². The van der Waals surface area contributed by atoms with E-state index in [4.69, 9.17) is 0 Å². The van der Waals surface area contributed by atoms with Crippen molar-refractivity contribution in [3.05, 3.63) is 23.8 Å². The third-order valence-corrected chi connectivity index (χ3v) is 4.30. The number of carbonyl (C=O) groups is 1. The highest BCUT2D eigenvalue weighted by atomic mass is 32.2. The highest BCUT2D eigenvalue weighted by Crippen LogP contribution is 2.29. The van der Waals surface area contributed by atoms with E-state index in [9.17, 15) is 9.90 Å². The average Bonchev–Trinajstić information content (AvgIpc) is 2.88. The SMILES string of the molecule is CSc1cccc(NCC2CCCC2)c1C(=O)O. The molecule has 0 aliphatic heterocycles. The number of benzene rings is 1. The maximum Gasteiger partial charge on any atom is 0.338 e. The Hall–Kier alpha value is -1.16. The molecule has 0 spiro atoms. The smallest absolute Gasteiger partial charge is 0.338 e. The molecule has 0 atom stereocenters. The number of anilines is 1. The molecule has 0 unspecified atom stereocenters. The molecule has 0 bridgehead atoms. The lowest BCUT2D eigenvalue weighted by atomic mass is 10.1.